The molecule has 0 bridgehead atoms. The van der Waals surface area contributed by atoms with Crippen molar-refractivity contribution >= 4 is 0 Å². The highest BCUT2D eigenvalue weighted by molar-refractivity contribution is 5.15. The Bertz CT molecular complexity index is 699. The first-order valence-electron chi connectivity index (χ1n) is 8.18. The van der Waals surface area contributed by atoms with Crippen molar-refractivity contribution in [1.29, 1.82) is 0 Å². The SMILES string of the molecule is OC(CN(CCc1ccncc1)Cc1ccccc1)c1ccco1. The minimum atomic E-state index is -0.624. The number of benzene rings is 1. The van der Waals surface area contributed by atoms with Crippen LogP contribution in [0, 0.1) is 0 Å². The molecule has 0 radical (unpaired) electrons. The minimum Gasteiger partial charge on any atom is -0.467 e. The van der Waals surface area contributed by atoms with Crippen LogP contribution in [0.4, 0.5) is 0 Å². The lowest BCUT2D eigenvalue weighted by Gasteiger charge is -2.24. The number of aliphatic hydroxyl groups is 1. The number of furan rings is 1. The van der Waals surface area contributed by atoms with E-state index in [1.165, 1.54) is 11.1 Å². The summed E-state index contributed by atoms with van der Waals surface area (Å²) in [7, 11) is 0. The van der Waals surface area contributed by atoms with Gasteiger partial charge >= 0.3 is 0 Å². The quantitative estimate of drug-likeness (QED) is 0.690. The van der Waals surface area contributed by atoms with E-state index >= 15 is 0 Å². The third-order valence-electron chi connectivity index (χ3n) is 4.02. The van der Waals surface area contributed by atoms with Crippen molar-refractivity contribution in [2.45, 2.75) is 19.1 Å². The smallest absolute Gasteiger partial charge is 0.133 e. The molecule has 0 aliphatic heterocycles. The zero-order chi connectivity index (χ0) is 16.6. The summed E-state index contributed by atoms with van der Waals surface area (Å²) >= 11 is 0. The molecule has 0 fully saturated rings. The second kappa shape index (κ2) is 8.43. The summed E-state index contributed by atoms with van der Waals surface area (Å²) in [6, 6.07) is 18.0. The van der Waals surface area contributed by atoms with Crippen molar-refractivity contribution in [2.24, 2.45) is 0 Å². The number of aliphatic hydroxyl groups excluding tert-OH is 1. The van der Waals surface area contributed by atoms with E-state index in [1.807, 2.05) is 48.8 Å². The third-order valence-corrected chi connectivity index (χ3v) is 4.02. The second-order valence-electron chi connectivity index (χ2n) is 5.86. The summed E-state index contributed by atoms with van der Waals surface area (Å²) in [4.78, 5) is 6.31. The van der Waals surface area contributed by atoms with Gasteiger partial charge in [-0.1, -0.05) is 30.3 Å². The number of nitrogens with zero attached hydrogens (tertiary/aromatic N) is 2. The Morgan fingerprint density at radius 3 is 2.46 bits per heavy atom. The Morgan fingerprint density at radius 2 is 1.75 bits per heavy atom. The summed E-state index contributed by atoms with van der Waals surface area (Å²) in [6.45, 7) is 2.19. The molecule has 4 heteroatoms. The fourth-order valence-electron chi connectivity index (χ4n) is 2.73. The van der Waals surface area contributed by atoms with Gasteiger partial charge in [0.1, 0.15) is 11.9 Å². The van der Waals surface area contributed by atoms with Crippen LogP contribution < -0.4 is 0 Å². The molecule has 4 nitrogen and oxygen atoms in total. The molecule has 0 saturated heterocycles. The molecule has 3 aromatic rings. The molecule has 124 valence electrons. The highest BCUT2D eigenvalue weighted by Crippen LogP contribution is 2.16. The Morgan fingerprint density at radius 1 is 0.958 bits per heavy atom. The van der Waals surface area contributed by atoms with Gasteiger partial charge in [-0.05, 0) is 41.8 Å². The average Bonchev–Trinajstić information content (AvgIpc) is 3.16. The Kier molecular flexibility index (Phi) is 5.77. The van der Waals surface area contributed by atoms with Gasteiger partial charge in [-0.3, -0.25) is 9.88 Å². The van der Waals surface area contributed by atoms with Crippen molar-refractivity contribution < 1.29 is 9.52 Å². The predicted octanol–water partition coefficient (Wildman–Crippen LogP) is 3.45. The number of hydrogen-bond acceptors (Lipinski definition) is 4. The fraction of sp³-hybridized carbons (Fsp3) is 0.250. The molecule has 0 saturated carbocycles. The van der Waals surface area contributed by atoms with E-state index in [0.717, 1.165) is 19.5 Å². The maximum atomic E-state index is 10.4. The van der Waals surface area contributed by atoms with Gasteiger partial charge in [0.05, 0.1) is 6.26 Å². The average molecular weight is 322 g/mol. The normalized spacial score (nSPS) is 12.4. The van der Waals surface area contributed by atoms with Crippen LogP contribution in [0.2, 0.25) is 0 Å². The van der Waals surface area contributed by atoms with Gasteiger partial charge in [-0.15, -0.1) is 0 Å². The number of hydrogen-bond donors (Lipinski definition) is 1. The van der Waals surface area contributed by atoms with Gasteiger partial charge in [0.25, 0.3) is 0 Å². The van der Waals surface area contributed by atoms with E-state index < -0.39 is 6.10 Å². The van der Waals surface area contributed by atoms with E-state index in [0.29, 0.717) is 12.3 Å². The van der Waals surface area contributed by atoms with Crippen molar-refractivity contribution in [1.82, 2.24) is 9.88 Å². The molecule has 24 heavy (non-hydrogen) atoms. The first-order chi connectivity index (χ1) is 11.8. The molecule has 2 aromatic heterocycles. The van der Waals surface area contributed by atoms with E-state index in [9.17, 15) is 5.11 Å². The minimum absolute atomic E-state index is 0.535. The van der Waals surface area contributed by atoms with Crippen LogP contribution in [0.15, 0.2) is 77.7 Å². The monoisotopic (exact) mass is 322 g/mol. The molecule has 0 aliphatic rings. The lowest BCUT2D eigenvalue weighted by atomic mass is 10.1. The largest absolute Gasteiger partial charge is 0.467 e. The molecular formula is C20H22N2O2. The molecule has 0 amide bonds. The highest BCUT2D eigenvalue weighted by Gasteiger charge is 2.16. The van der Waals surface area contributed by atoms with E-state index in [2.05, 4.69) is 22.0 Å². The van der Waals surface area contributed by atoms with Crippen LogP contribution >= 0.6 is 0 Å². The Hall–Kier alpha value is -2.43. The Balaban J connectivity index is 1.65. The van der Waals surface area contributed by atoms with Gasteiger partial charge < -0.3 is 9.52 Å². The first kappa shape index (κ1) is 16.4. The highest BCUT2D eigenvalue weighted by atomic mass is 16.4. The van der Waals surface area contributed by atoms with Crippen LogP contribution in [0.3, 0.4) is 0 Å². The van der Waals surface area contributed by atoms with Gasteiger partial charge in [-0.25, -0.2) is 0 Å². The molecule has 1 unspecified atom stereocenters. The zero-order valence-electron chi connectivity index (χ0n) is 13.6. The van der Waals surface area contributed by atoms with Crippen molar-refractivity contribution in [3.63, 3.8) is 0 Å². The van der Waals surface area contributed by atoms with Crippen LogP contribution in [0.5, 0.6) is 0 Å². The fourth-order valence-corrected chi connectivity index (χ4v) is 2.73. The summed E-state index contributed by atoms with van der Waals surface area (Å²) < 4.78 is 5.32. The zero-order valence-corrected chi connectivity index (χ0v) is 13.6. The summed E-state index contributed by atoms with van der Waals surface area (Å²) in [5.74, 6) is 0.608. The number of aromatic nitrogens is 1. The van der Waals surface area contributed by atoms with Gasteiger partial charge in [-0.2, -0.15) is 0 Å². The lowest BCUT2D eigenvalue weighted by Crippen LogP contribution is -2.30. The van der Waals surface area contributed by atoms with Crippen molar-refractivity contribution in [2.75, 3.05) is 13.1 Å². The van der Waals surface area contributed by atoms with Crippen molar-refractivity contribution in [3.05, 3.63) is 90.1 Å². The number of rotatable bonds is 8. The second-order valence-corrected chi connectivity index (χ2v) is 5.86. The van der Waals surface area contributed by atoms with Gasteiger partial charge in [0.2, 0.25) is 0 Å². The van der Waals surface area contributed by atoms with E-state index in [1.54, 1.807) is 12.3 Å². The standard InChI is InChI=1S/C20H22N2O2/c23-19(20-7-4-14-24-20)16-22(15-18-5-2-1-3-6-18)13-10-17-8-11-21-12-9-17/h1-9,11-12,14,19,23H,10,13,15-16H2. The predicted molar refractivity (Wildman–Crippen MR) is 93.3 cm³/mol. The molecule has 3 rings (SSSR count). The van der Waals surface area contributed by atoms with Crippen LogP contribution in [-0.2, 0) is 13.0 Å². The molecule has 1 aromatic carbocycles. The van der Waals surface area contributed by atoms with Gasteiger partial charge in [0, 0.05) is 32.0 Å². The summed E-state index contributed by atoms with van der Waals surface area (Å²) in [5, 5.41) is 10.4. The molecule has 0 spiro atoms. The van der Waals surface area contributed by atoms with E-state index in [4.69, 9.17) is 4.42 Å². The summed E-state index contributed by atoms with van der Waals surface area (Å²) in [6.07, 6.45) is 5.52. The molecule has 2 heterocycles. The Labute approximate surface area is 142 Å². The van der Waals surface area contributed by atoms with E-state index in [-0.39, 0.29) is 0 Å². The maximum absolute atomic E-state index is 10.4. The van der Waals surface area contributed by atoms with Crippen LogP contribution in [0.25, 0.3) is 0 Å². The van der Waals surface area contributed by atoms with Gasteiger partial charge in [0.15, 0.2) is 0 Å². The van der Waals surface area contributed by atoms with Crippen molar-refractivity contribution in [3.8, 4) is 0 Å². The van der Waals surface area contributed by atoms with Crippen LogP contribution in [0.1, 0.15) is 23.0 Å². The lowest BCUT2D eigenvalue weighted by molar-refractivity contribution is 0.0914. The molecular weight excluding hydrogens is 300 g/mol. The molecule has 1 atom stereocenters. The first-order valence-corrected chi connectivity index (χ1v) is 8.18. The molecule has 0 aliphatic carbocycles. The maximum Gasteiger partial charge on any atom is 0.133 e. The van der Waals surface area contributed by atoms with Crippen LogP contribution in [-0.4, -0.2) is 28.1 Å². The molecule has 1 N–H and O–H groups in total. The summed E-state index contributed by atoms with van der Waals surface area (Å²) in [5.41, 5.74) is 2.48. The third kappa shape index (κ3) is 4.78. The number of pyridine rings is 1. The topological polar surface area (TPSA) is 49.5 Å².